The molecule has 2 aromatic heterocycles. The van der Waals surface area contributed by atoms with Gasteiger partial charge in [-0.15, -0.1) is 11.3 Å². The minimum absolute atomic E-state index is 0.121. The number of benzene rings is 2. The third-order valence-corrected chi connectivity index (χ3v) is 10.2. The van der Waals surface area contributed by atoms with Crippen molar-refractivity contribution in [2.45, 2.75) is 37.4 Å². The number of aromatic nitrogens is 1. The summed E-state index contributed by atoms with van der Waals surface area (Å²) in [6.07, 6.45) is 3.58. The number of rotatable bonds is 14. The van der Waals surface area contributed by atoms with Crippen molar-refractivity contribution in [1.82, 2.24) is 10.2 Å². The number of carboxylic acid groups (broad SMARTS) is 1. The van der Waals surface area contributed by atoms with Crippen LogP contribution in [0, 0.1) is 5.21 Å². The Morgan fingerprint density at radius 2 is 1.77 bits per heavy atom. The molecule has 2 N–H and O–H groups in total. The predicted molar refractivity (Wildman–Crippen MR) is 180 cm³/mol. The number of carboxylic acids is 1. The van der Waals surface area contributed by atoms with Gasteiger partial charge in [-0.05, 0) is 61.3 Å². The average Bonchev–Trinajstić information content (AvgIpc) is 3.48. The molecular formula is C34H35Cl2N3O7S. The van der Waals surface area contributed by atoms with E-state index >= 15 is 0 Å². The fourth-order valence-corrected chi connectivity index (χ4v) is 7.21. The summed E-state index contributed by atoms with van der Waals surface area (Å²) in [7, 11) is 5.05. The molecule has 0 bridgehead atoms. The molecule has 1 fully saturated rings. The van der Waals surface area contributed by atoms with Crippen molar-refractivity contribution in [3.63, 3.8) is 0 Å². The molecule has 1 aliphatic heterocycles. The molecular weight excluding hydrogens is 665 g/mol. The number of halogens is 2. The van der Waals surface area contributed by atoms with Crippen molar-refractivity contribution in [2.75, 3.05) is 34.4 Å². The fraction of sp³-hybridized carbons (Fsp3) is 0.324. The van der Waals surface area contributed by atoms with Crippen LogP contribution < -0.4 is 19.5 Å². The molecule has 248 valence electrons. The fourth-order valence-electron chi connectivity index (χ4n) is 5.61. The SMILES string of the molecule is COc1ccc([C@H](Cc2c(Cl)c[n+]([O-])cc2Cl)c2cc(CNC(C(=O)OC[C@H]3CCN3C)c3ccccc3)sc2C(=O)O)cc1OC. The summed E-state index contributed by atoms with van der Waals surface area (Å²) in [5.41, 5.74) is 2.47. The highest BCUT2D eigenvalue weighted by Gasteiger charge is 2.30. The van der Waals surface area contributed by atoms with Gasteiger partial charge in [0.2, 0.25) is 0 Å². The molecule has 0 saturated carbocycles. The monoisotopic (exact) mass is 699 g/mol. The number of carbonyl (C=O) groups is 2. The van der Waals surface area contributed by atoms with Gasteiger partial charge in [0.1, 0.15) is 27.6 Å². The molecule has 3 atom stereocenters. The first-order chi connectivity index (χ1) is 22.6. The number of carbonyl (C=O) groups excluding carboxylic acids is 1. The summed E-state index contributed by atoms with van der Waals surface area (Å²) in [6.45, 7) is 1.47. The second-order valence-electron chi connectivity index (χ2n) is 11.2. The molecule has 1 unspecified atom stereocenters. The molecule has 4 aromatic rings. The quantitative estimate of drug-likeness (QED) is 0.0947. The van der Waals surface area contributed by atoms with Crippen LogP contribution in [-0.4, -0.2) is 62.4 Å². The summed E-state index contributed by atoms with van der Waals surface area (Å²) < 4.78 is 17.2. The number of hydrogen-bond acceptors (Lipinski definition) is 9. The number of esters is 1. The first kappa shape index (κ1) is 34.5. The van der Waals surface area contributed by atoms with E-state index < -0.39 is 23.9 Å². The maximum Gasteiger partial charge on any atom is 0.346 e. The lowest BCUT2D eigenvalue weighted by Gasteiger charge is -2.37. The van der Waals surface area contributed by atoms with E-state index in [4.69, 9.17) is 37.4 Å². The minimum Gasteiger partial charge on any atom is -0.619 e. The Kier molecular flexibility index (Phi) is 11.3. The Bertz CT molecular complexity index is 1710. The predicted octanol–water partition coefficient (Wildman–Crippen LogP) is 5.86. The smallest absolute Gasteiger partial charge is 0.346 e. The summed E-state index contributed by atoms with van der Waals surface area (Å²) in [5.74, 6) is -1.09. The van der Waals surface area contributed by atoms with Crippen LogP contribution in [-0.2, 0) is 22.5 Å². The molecule has 47 heavy (non-hydrogen) atoms. The van der Waals surface area contributed by atoms with Gasteiger partial charge in [-0.25, -0.2) is 9.59 Å². The zero-order chi connectivity index (χ0) is 33.7. The number of nitrogens with one attached hydrogen (secondary N) is 1. The molecule has 1 aliphatic rings. The largest absolute Gasteiger partial charge is 0.619 e. The molecule has 0 radical (unpaired) electrons. The van der Waals surface area contributed by atoms with Crippen molar-refractivity contribution in [3.8, 4) is 11.5 Å². The van der Waals surface area contributed by atoms with Crippen molar-refractivity contribution < 1.29 is 33.6 Å². The number of pyridine rings is 1. The summed E-state index contributed by atoms with van der Waals surface area (Å²) in [5, 5.41) is 25.9. The molecule has 1 saturated heterocycles. The van der Waals surface area contributed by atoms with Crippen LogP contribution in [0.3, 0.4) is 0 Å². The number of nitrogens with zero attached hydrogens (tertiary/aromatic N) is 2. The summed E-state index contributed by atoms with van der Waals surface area (Å²) >= 11 is 14.1. The van der Waals surface area contributed by atoms with Gasteiger partial charge in [-0.1, -0.05) is 59.6 Å². The average molecular weight is 701 g/mol. The Balaban J connectivity index is 1.49. The number of methoxy groups -OCH3 is 2. The zero-order valence-electron chi connectivity index (χ0n) is 26.1. The number of likely N-dealkylation sites (N-methyl/N-ethyl adjacent to an activating group) is 1. The number of thiophene rings is 1. The van der Waals surface area contributed by atoms with Gasteiger partial charge in [0.05, 0.1) is 14.2 Å². The van der Waals surface area contributed by atoms with Gasteiger partial charge in [0.25, 0.3) is 0 Å². The third-order valence-electron chi connectivity index (χ3n) is 8.36. The summed E-state index contributed by atoms with van der Waals surface area (Å²) in [4.78, 5) is 29.0. The van der Waals surface area contributed by atoms with E-state index in [0.717, 1.165) is 35.4 Å². The van der Waals surface area contributed by atoms with E-state index in [1.54, 1.807) is 12.1 Å². The second-order valence-corrected chi connectivity index (χ2v) is 13.2. The standard InChI is InChI=1S/C34H35Cl2N3O7S/c1-38-12-11-22(38)19-46-34(42)31(20-7-5-4-6-8-20)37-16-23-14-25(32(47-23)33(40)41)24(15-26-27(35)17-39(43)18-28(26)36)21-9-10-29(44-2)30(13-21)45-3/h4-10,13-14,17-18,22,24,31,37H,11-12,15-16,19H2,1-3H3,(H,40,41)/t22-,24+,31?/m1/s1. The number of ether oxygens (including phenoxy) is 3. The van der Waals surface area contributed by atoms with Crippen molar-refractivity contribution in [2.24, 2.45) is 0 Å². The highest BCUT2D eigenvalue weighted by Crippen LogP contribution is 2.41. The van der Waals surface area contributed by atoms with Gasteiger partial charge < -0.3 is 24.5 Å². The first-order valence-electron chi connectivity index (χ1n) is 14.9. The van der Waals surface area contributed by atoms with Crippen LogP contribution in [0.15, 0.2) is 67.0 Å². The lowest BCUT2D eigenvalue weighted by atomic mass is 9.85. The highest BCUT2D eigenvalue weighted by atomic mass is 35.5. The summed E-state index contributed by atoms with van der Waals surface area (Å²) in [6, 6.07) is 15.9. The van der Waals surface area contributed by atoms with Gasteiger partial charge >= 0.3 is 11.9 Å². The van der Waals surface area contributed by atoms with E-state index in [1.807, 2.05) is 49.5 Å². The van der Waals surface area contributed by atoms with Crippen LogP contribution in [0.5, 0.6) is 11.5 Å². The number of aromatic carboxylic acids is 1. The molecule has 0 aliphatic carbocycles. The first-order valence-corrected chi connectivity index (χ1v) is 16.5. The van der Waals surface area contributed by atoms with Crippen LogP contribution in [0.2, 0.25) is 10.0 Å². The topological polar surface area (TPSA) is 124 Å². The van der Waals surface area contributed by atoms with Crippen LogP contribution in [0.1, 0.15) is 55.2 Å². The highest BCUT2D eigenvalue weighted by molar-refractivity contribution is 7.14. The molecule has 5 rings (SSSR count). The number of hydrogen-bond donors (Lipinski definition) is 2. The Morgan fingerprint density at radius 3 is 2.36 bits per heavy atom. The Labute approximate surface area is 287 Å². The lowest BCUT2D eigenvalue weighted by molar-refractivity contribution is -0.605. The van der Waals surface area contributed by atoms with Crippen molar-refractivity contribution >= 4 is 46.5 Å². The van der Waals surface area contributed by atoms with E-state index in [2.05, 4.69) is 10.2 Å². The van der Waals surface area contributed by atoms with Gasteiger partial charge in [0.15, 0.2) is 23.9 Å². The van der Waals surface area contributed by atoms with Crippen molar-refractivity contribution in [1.29, 1.82) is 0 Å². The minimum atomic E-state index is -1.10. The van der Waals surface area contributed by atoms with E-state index in [1.165, 1.54) is 26.6 Å². The van der Waals surface area contributed by atoms with Crippen molar-refractivity contribution in [3.05, 3.63) is 114 Å². The van der Waals surface area contributed by atoms with E-state index in [-0.39, 0.29) is 33.9 Å². The maximum absolute atomic E-state index is 13.3. The normalized spacial score (nSPS) is 15.8. The molecule has 10 nitrogen and oxygen atoms in total. The Morgan fingerprint density at radius 1 is 1.06 bits per heavy atom. The zero-order valence-corrected chi connectivity index (χ0v) is 28.4. The van der Waals surface area contributed by atoms with Crippen LogP contribution in [0.25, 0.3) is 0 Å². The lowest BCUT2D eigenvalue weighted by Crippen LogP contribution is -2.48. The molecule has 2 aromatic carbocycles. The van der Waals surface area contributed by atoms with Gasteiger partial charge in [-0.2, -0.15) is 4.73 Å². The second kappa shape index (κ2) is 15.4. The molecule has 0 amide bonds. The van der Waals surface area contributed by atoms with E-state index in [9.17, 15) is 19.9 Å². The van der Waals surface area contributed by atoms with Crippen LogP contribution >= 0.6 is 34.5 Å². The van der Waals surface area contributed by atoms with Gasteiger partial charge in [0, 0.05) is 28.9 Å². The molecule has 0 spiro atoms. The third kappa shape index (κ3) is 7.99. The van der Waals surface area contributed by atoms with Gasteiger partial charge in [-0.3, -0.25) is 10.2 Å². The maximum atomic E-state index is 13.3. The van der Waals surface area contributed by atoms with Crippen LogP contribution in [0.4, 0.5) is 0 Å². The Hall–Kier alpha value is -3.87. The molecule has 3 heterocycles. The number of likely N-dealkylation sites (tertiary alicyclic amines) is 1. The molecule has 13 heteroatoms. The van der Waals surface area contributed by atoms with E-state index in [0.29, 0.717) is 38.8 Å².